The highest BCUT2D eigenvalue weighted by Crippen LogP contribution is 2.39. The Bertz CT molecular complexity index is 587. The number of carbonyl (C=O) groups excluding carboxylic acids is 1. The van der Waals surface area contributed by atoms with Crippen molar-refractivity contribution < 1.29 is 4.79 Å². The maximum Gasteiger partial charge on any atom is 0.231 e. The van der Waals surface area contributed by atoms with E-state index in [4.69, 9.17) is 0 Å². The number of carbonyl (C=O) groups is 1. The molecule has 0 saturated heterocycles. The topological polar surface area (TPSA) is 83.6 Å². The monoisotopic (exact) mass is 305 g/mol. The number of hydrogen-bond donors (Lipinski definition) is 1. The van der Waals surface area contributed by atoms with Gasteiger partial charge in [-0.1, -0.05) is 17.8 Å². The highest BCUT2D eigenvalue weighted by molar-refractivity contribution is 7.99. The van der Waals surface area contributed by atoms with Gasteiger partial charge in [0.05, 0.1) is 11.8 Å². The second kappa shape index (κ2) is 6.31. The standard InChI is InChI=1S/C14H19N5OS/c1-4-7-19-10(2)17-18-13(19)21-8-12(20)16-14(3,9-15)11-5-6-11/h4,11H,1,5-8H2,2-3H3,(H,16,20). The van der Waals surface area contributed by atoms with Gasteiger partial charge in [0.1, 0.15) is 11.4 Å². The zero-order valence-electron chi connectivity index (χ0n) is 12.3. The average Bonchev–Trinajstić information content (AvgIpc) is 3.25. The fourth-order valence-corrected chi connectivity index (χ4v) is 2.94. The van der Waals surface area contributed by atoms with Crippen molar-refractivity contribution in [3.8, 4) is 6.07 Å². The molecule has 1 atom stereocenters. The van der Waals surface area contributed by atoms with Gasteiger partial charge in [0.25, 0.3) is 0 Å². The first-order chi connectivity index (χ1) is 10.00. The van der Waals surface area contributed by atoms with E-state index in [0.717, 1.165) is 18.7 Å². The van der Waals surface area contributed by atoms with E-state index in [0.29, 0.717) is 11.7 Å². The van der Waals surface area contributed by atoms with E-state index in [1.54, 1.807) is 13.0 Å². The molecule has 1 N–H and O–H groups in total. The predicted octanol–water partition coefficient (Wildman–Crippen LogP) is 1.67. The number of aromatic nitrogens is 3. The lowest BCUT2D eigenvalue weighted by Gasteiger charge is -2.22. The molecule has 2 rings (SSSR count). The Kier molecular flexibility index (Phi) is 4.68. The SMILES string of the molecule is C=CCn1c(C)nnc1SCC(=O)NC(C)(C#N)C1CC1. The van der Waals surface area contributed by atoms with Crippen LogP contribution in [0.4, 0.5) is 0 Å². The van der Waals surface area contributed by atoms with Crippen molar-refractivity contribution in [2.45, 2.75) is 43.9 Å². The van der Waals surface area contributed by atoms with E-state index in [-0.39, 0.29) is 17.6 Å². The quantitative estimate of drug-likeness (QED) is 0.612. The number of hydrogen-bond acceptors (Lipinski definition) is 5. The van der Waals surface area contributed by atoms with Crippen molar-refractivity contribution in [3.63, 3.8) is 0 Å². The van der Waals surface area contributed by atoms with Gasteiger partial charge in [-0.2, -0.15) is 5.26 Å². The van der Waals surface area contributed by atoms with Crippen LogP contribution in [0.5, 0.6) is 0 Å². The highest BCUT2D eigenvalue weighted by Gasteiger charge is 2.42. The Morgan fingerprint density at radius 1 is 1.67 bits per heavy atom. The van der Waals surface area contributed by atoms with Crippen LogP contribution in [0.1, 0.15) is 25.6 Å². The molecule has 1 amide bonds. The molecule has 1 unspecified atom stereocenters. The van der Waals surface area contributed by atoms with Gasteiger partial charge in [-0.3, -0.25) is 4.79 Å². The summed E-state index contributed by atoms with van der Waals surface area (Å²) in [7, 11) is 0. The molecule has 7 heteroatoms. The summed E-state index contributed by atoms with van der Waals surface area (Å²) in [5.74, 6) is 1.14. The molecule has 0 bridgehead atoms. The normalized spacial score (nSPS) is 16.8. The molecular formula is C14H19N5OS. The van der Waals surface area contributed by atoms with Gasteiger partial charge in [0.2, 0.25) is 5.91 Å². The number of amides is 1. The molecule has 1 aromatic rings. The molecule has 1 fully saturated rings. The molecule has 0 spiro atoms. The zero-order chi connectivity index (χ0) is 15.5. The lowest BCUT2D eigenvalue weighted by Crippen LogP contribution is -2.47. The summed E-state index contributed by atoms with van der Waals surface area (Å²) in [6.07, 6.45) is 3.77. The van der Waals surface area contributed by atoms with Crippen LogP contribution in [-0.4, -0.2) is 32.0 Å². The fraction of sp³-hybridized carbons (Fsp3) is 0.571. The number of nitrogens with zero attached hydrogens (tertiary/aromatic N) is 4. The minimum Gasteiger partial charge on any atom is -0.337 e. The molecule has 21 heavy (non-hydrogen) atoms. The van der Waals surface area contributed by atoms with Crippen LogP contribution in [0.3, 0.4) is 0 Å². The first-order valence-electron chi connectivity index (χ1n) is 6.86. The number of rotatable bonds is 7. The van der Waals surface area contributed by atoms with Crippen LogP contribution in [0.15, 0.2) is 17.8 Å². The number of nitriles is 1. The van der Waals surface area contributed by atoms with E-state index in [2.05, 4.69) is 28.2 Å². The Balaban J connectivity index is 1.92. The molecule has 0 aromatic carbocycles. The lowest BCUT2D eigenvalue weighted by atomic mass is 9.98. The minimum absolute atomic E-state index is 0.151. The van der Waals surface area contributed by atoms with E-state index in [1.165, 1.54) is 11.8 Å². The molecule has 1 aromatic heterocycles. The summed E-state index contributed by atoms with van der Waals surface area (Å²) in [4.78, 5) is 12.0. The highest BCUT2D eigenvalue weighted by atomic mass is 32.2. The third kappa shape index (κ3) is 3.64. The predicted molar refractivity (Wildman–Crippen MR) is 80.6 cm³/mol. The van der Waals surface area contributed by atoms with E-state index in [9.17, 15) is 10.1 Å². The molecular weight excluding hydrogens is 286 g/mol. The van der Waals surface area contributed by atoms with Crippen LogP contribution in [0.2, 0.25) is 0 Å². The Labute approximate surface area is 128 Å². The number of aryl methyl sites for hydroxylation is 1. The van der Waals surface area contributed by atoms with Crippen molar-refractivity contribution in [1.82, 2.24) is 20.1 Å². The molecule has 1 heterocycles. The van der Waals surface area contributed by atoms with Crippen LogP contribution in [0.25, 0.3) is 0 Å². The molecule has 1 saturated carbocycles. The van der Waals surface area contributed by atoms with Crippen molar-refractivity contribution in [1.29, 1.82) is 5.26 Å². The summed E-state index contributed by atoms with van der Waals surface area (Å²) in [6, 6.07) is 2.22. The van der Waals surface area contributed by atoms with Gasteiger partial charge >= 0.3 is 0 Å². The maximum atomic E-state index is 12.0. The van der Waals surface area contributed by atoms with E-state index in [1.807, 2.05) is 11.5 Å². The summed E-state index contributed by atoms with van der Waals surface area (Å²) >= 11 is 1.32. The third-order valence-electron chi connectivity index (χ3n) is 3.57. The van der Waals surface area contributed by atoms with Crippen molar-refractivity contribution in [3.05, 3.63) is 18.5 Å². The van der Waals surface area contributed by atoms with Gasteiger partial charge < -0.3 is 9.88 Å². The summed E-state index contributed by atoms with van der Waals surface area (Å²) < 4.78 is 1.90. The molecule has 6 nitrogen and oxygen atoms in total. The van der Waals surface area contributed by atoms with Gasteiger partial charge in [0, 0.05) is 6.54 Å². The Morgan fingerprint density at radius 3 is 2.95 bits per heavy atom. The second-order valence-corrected chi connectivity index (χ2v) is 6.30. The van der Waals surface area contributed by atoms with E-state index < -0.39 is 5.54 Å². The van der Waals surface area contributed by atoms with Crippen LogP contribution in [0, 0.1) is 24.2 Å². The van der Waals surface area contributed by atoms with Crippen molar-refractivity contribution >= 4 is 17.7 Å². The number of allylic oxidation sites excluding steroid dienone is 1. The summed E-state index contributed by atoms with van der Waals surface area (Å²) in [6.45, 7) is 7.96. The first-order valence-corrected chi connectivity index (χ1v) is 7.84. The van der Waals surface area contributed by atoms with Gasteiger partial charge in [-0.05, 0) is 32.6 Å². The van der Waals surface area contributed by atoms with E-state index >= 15 is 0 Å². The maximum absolute atomic E-state index is 12.0. The van der Waals surface area contributed by atoms with Gasteiger partial charge in [-0.15, -0.1) is 16.8 Å². The molecule has 1 aliphatic carbocycles. The summed E-state index contributed by atoms with van der Waals surface area (Å²) in [5.41, 5.74) is -0.748. The van der Waals surface area contributed by atoms with Crippen LogP contribution >= 0.6 is 11.8 Å². The fourth-order valence-electron chi connectivity index (χ4n) is 2.15. The van der Waals surface area contributed by atoms with Crippen LogP contribution in [-0.2, 0) is 11.3 Å². The molecule has 112 valence electrons. The lowest BCUT2D eigenvalue weighted by molar-refractivity contribution is -0.119. The Hall–Kier alpha value is -1.81. The third-order valence-corrected chi connectivity index (χ3v) is 4.54. The van der Waals surface area contributed by atoms with Crippen molar-refractivity contribution in [2.75, 3.05) is 5.75 Å². The summed E-state index contributed by atoms with van der Waals surface area (Å²) in [5, 5.41) is 20.8. The largest absolute Gasteiger partial charge is 0.337 e. The minimum atomic E-state index is -0.748. The Morgan fingerprint density at radius 2 is 2.38 bits per heavy atom. The number of thioether (sulfide) groups is 1. The van der Waals surface area contributed by atoms with Gasteiger partial charge in [0.15, 0.2) is 5.16 Å². The first kappa shape index (κ1) is 15.6. The van der Waals surface area contributed by atoms with Gasteiger partial charge in [-0.25, -0.2) is 0 Å². The second-order valence-electron chi connectivity index (χ2n) is 5.35. The van der Waals surface area contributed by atoms with Crippen molar-refractivity contribution in [2.24, 2.45) is 5.92 Å². The molecule has 0 radical (unpaired) electrons. The smallest absolute Gasteiger partial charge is 0.231 e. The molecule has 0 aliphatic heterocycles. The molecule has 1 aliphatic rings. The average molecular weight is 305 g/mol. The number of nitrogens with one attached hydrogen (secondary N) is 1. The zero-order valence-corrected chi connectivity index (χ0v) is 13.1. The van der Waals surface area contributed by atoms with Crippen LogP contribution < -0.4 is 5.32 Å².